The van der Waals surface area contributed by atoms with Gasteiger partial charge in [-0.2, -0.15) is 0 Å². The van der Waals surface area contributed by atoms with Crippen LogP contribution in [0.4, 0.5) is 0 Å². The molecule has 88 valence electrons. The summed E-state index contributed by atoms with van der Waals surface area (Å²) in [6, 6.07) is 8.42. The second-order valence-electron chi connectivity index (χ2n) is 3.85. The van der Waals surface area contributed by atoms with E-state index in [-0.39, 0.29) is 4.08 Å². The maximum Gasteiger partial charge on any atom is 0.122 e. The number of thioether (sulfide) groups is 2. The van der Waals surface area contributed by atoms with Crippen molar-refractivity contribution in [3.63, 3.8) is 0 Å². The van der Waals surface area contributed by atoms with E-state index >= 15 is 0 Å². The topological polar surface area (TPSA) is 9.23 Å². The van der Waals surface area contributed by atoms with Crippen molar-refractivity contribution in [2.24, 2.45) is 0 Å². The third-order valence-corrected chi connectivity index (χ3v) is 5.56. The van der Waals surface area contributed by atoms with Gasteiger partial charge in [0, 0.05) is 6.42 Å². The zero-order chi connectivity index (χ0) is 11.4. The van der Waals surface area contributed by atoms with Gasteiger partial charge >= 0.3 is 0 Å². The Hall–Kier alpha value is -0.280. The monoisotopic (exact) mass is 254 g/mol. The molecule has 0 aliphatic carbocycles. The molecule has 0 N–H and O–H groups in total. The summed E-state index contributed by atoms with van der Waals surface area (Å²) in [6.45, 7) is 5.29. The number of hydrogen-bond acceptors (Lipinski definition) is 3. The molecular weight excluding hydrogens is 236 g/mol. The van der Waals surface area contributed by atoms with Gasteiger partial charge in [0.1, 0.15) is 12.4 Å². The zero-order valence-electron chi connectivity index (χ0n) is 9.86. The fraction of sp³-hybridized carbons (Fsp3) is 0.538. The Morgan fingerprint density at radius 3 is 2.56 bits per heavy atom. The van der Waals surface area contributed by atoms with Crippen molar-refractivity contribution in [3.8, 4) is 5.75 Å². The maximum absolute atomic E-state index is 5.90. The maximum atomic E-state index is 5.90. The first-order valence-electron chi connectivity index (χ1n) is 5.78. The highest BCUT2D eigenvalue weighted by molar-refractivity contribution is 8.18. The molecule has 1 aromatic carbocycles. The van der Waals surface area contributed by atoms with E-state index in [1.165, 1.54) is 5.56 Å². The van der Waals surface area contributed by atoms with Gasteiger partial charge in [-0.3, -0.25) is 0 Å². The van der Waals surface area contributed by atoms with Crippen LogP contribution in [0, 0.1) is 0 Å². The lowest BCUT2D eigenvalue weighted by Crippen LogP contribution is -2.35. The van der Waals surface area contributed by atoms with Crippen molar-refractivity contribution in [1.29, 1.82) is 0 Å². The van der Waals surface area contributed by atoms with Crippen molar-refractivity contribution in [2.45, 2.75) is 24.3 Å². The normalized spacial score (nSPS) is 17.6. The van der Waals surface area contributed by atoms with Crippen molar-refractivity contribution in [1.82, 2.24) is 0 Å². The van der Waals surface area contributed by atoms with Gasteiger partial charge in [-0.25, -0.2) is 0 Å². The number of rotatable bonds is 4. The zero-order valence-corrected chi connectivity index (χ0v) is 11.5. The molecular formula is C13H18OS2. The van der Waals surface area contributed by atoms with E-state index in [9.17, 15) is 0 Å². The number of benzene rings is 1. The van der Waals surface area contributed by atoms with Gasteiger partial charge in [0.25, 0.3) is 0 Å². The molecule has 1 aromatic rings. The molecule has 1 aliphatic rings. The predicted octanol–water partition coefficient (Wildman–Crippen LogP) is 3.82. The first-order chi connectivity index (χ1) is 7.79. The lowest BCUT2D eigenvalue weighted by molar-refractivity contribution is 0.283. The van der Waals surface area contributed by atoms with Crippen LogP contribution in [0.5, 0.6) is 5.75 Å². The number of ether oxygens (including phenoxy) is 1. The fourth-order valence-corrected chi connectivity index (χ4v) is 4.97. The summed E-state index contributed by atoms with van der Waals surface area (Å²) < 4.78 is 6.14. The Balaban J connectivity index is 2.20. The average molecular weight is 254 g/mol. The van der Waals surface area contributed by atoms with Gasteiger partial charge < -0.3 is 4.74 Å². The standard InChI is InChI=1S/C13H18OS2/c1-3-15-13(16-4-2)9-11-7-5-6-8-12(11)14-10-13/h5-8H,3-4,9-10H2,1-2H3. The predicted molar refractivity (Wildman–Crippen MR) is 74.6 cm³/mol. The first kappa shape index (κ1) is 12.2. The molecule has 0 radical (unpaired) electrons. The Labute approximate surface area is 106 Å². The van der Waals surface area contributed by atoms with Crippen LogP contribution in [0.25, 0.3) is 0 Å². The van der Waals surface area contributed by atoms with Crippen LogP contribution in [-0.4, -0.2) is 22.2 Å². The van der Waals surface area contributed by atoms with Gasteiger partial charge in [-0.05, 0) is 23.1 Å². The molecule has 0 saturated heterocycles. The Kier molecular flexibility index (Phi) is 4.09. The van der Waals surface area contributed by atoms with Crippen molar-refractivity contribution >= 4 is 23.5 Å². The van der Waals surface area contributed by atoms with Gasteiger partial charge in [-0.15, -0.1) is 23.5 Å². The highest BCUT2D eigenvalue weighted by atomic mass is 32.2. The first-order valence-corrected chi connectivity index (χ1v) is 7.75. The number of para-hydroxylation sites is 1. The second kappa shape index (κ2) is 5.37. The third kappa shape index (κ3) is 2.51. The molecule has 0 atom stereocenters. The minimum absolute atomic E-state index is 0.234. The van der Waals surface area contributed by atoms with Crippen LogP contribution in [-0.2, 0) is 6.42 Å². The van der Waals surface area contributed by atoms with E-state index in [2.05, 4.69) is 32.0 Å². The van der Waals surface area contributed by atoms with Crippen LogP contribution >= 0.6 is 23.5 Å². The van der Waals surface area contributed by atoms with Crippen molar-refractivity contribution < 1.29 is 4.74 Å². The van der Waals surface area contributed by atoms with E-state index in [0.717, 1.165) is 30.3 Å². The second-order valence-corrected chi connectivity index (χ2v) is 7.40. The van der Waals surface area contributed by atoms with E-state index in [1.54, 1.807) is 0 Å². The summed E-state index contributed by atoms with van der Waals surface area (Å²) in [5.41, 5.74) is 1.36. The molecule has 16 heavy (non-hydrogen) atoms. The fourth-order valence-electron chi connectivity index (χ4n) is 2.07. The molecule has 1 heterocycles. The quantitative estimate of drug-likeness (QED) is 0.756. The SMILES string of the molecule is CCSC1(SCC)COc2ccccc2C1. The molecule has 0 aromatic heterocycles. The summed E-state index contributed by atoms with van der Waals surface area (Å²) in [4.78, 5) is 0. The van der Waals surface area contributed by atoms with Crippen LogP contribution in [0.1, 0.15) is 19.4 Å². The average Bonchev–Trinajstić information content (AvgIpc) is 2.30. The van der Waals surface area contributed by atoms with Crippen LogP contribution < -0.4 is 4.74 Å². The van der Waals surface area contributed by atoms with Gasteiger partial charge in [0.2, 0.25) is 0 Å². The summed E-state index contributed by atoms with van der Waals surface area (Å²) in [5.74, 6) is 3.38. The van der Waals surface area contributed by atoms with Crippen LogP contribution in [0.3, 0.4) is 0 Å². The molecule has 0 saturated carbocycles. The molecule has 0 unspecified atom stereocenters. The van der Waals surface area contributed by atoms with E-state index in [0.29, 0.717) is 0 Å². The smallest absolute Gasteiger partial charge is 0.122 e. The third-order valence-electron chi connectivity index (χ3n) is 2.69. The minimum Gasteiger partial charge on any atom is -0.491 e. The number of fused-ring (bicyclic) bond motifs is 1. The van der Waals surface area contributed by atoms with Gasteiger partial charge in [-0.1, -0.05) is 32.0 Å². The molecule has 0 fully saturated rings. The molecule has 0 spiro atoms. The molecule has 1 aliphatic heterocycles. The summed E-state index contributed by atoms with van der Waals surface area (Å²) in [6.07, 6.45) is 1.13. The van der Waals surface area contributed by atoms with Crippen LogP contribution in [0.2, 0.25) is 0 Å². The molecule has 2 rings (SSSR count). The Bertz CT molecular complexity index is 346. The highest BCUT2D eigenvalue weighted by Gasteiger charge is 2.35. The van der Waals surface area contributed by atoms with E-state index in [1.807, 2.05) is 29.6 Å². The Morgan fingerprint density at radius 1 is 1.19 bits per heavy atom. The van der Waals surface area contributed by atoms with Crippen molar-refractivity contribution in [3.05, 3.63) is 29.8 Å². The largest absolute Gasteiger partial charge is 0.491 e. The summed E-state index contributed by atoms with van der Waals surface area (Å²) in [5, 5.41) is 0. The Morgan fingerprint density at radius 2 is 1.88 bits per heavy atom. The van der Waals surface area contributed by atoms with Gasteiger partial charge in [0.05, 0.1) is 4.08 Å². The molecule has 0 amide bonds. The lowest BCUT2D eigenvalue weighted by atomic mass is 10.1. The molecule has 0 bridgehead atoms. The van der Waals surface area contributed by atoms with E-state index < -0.39 is 0 Å². The van der Waals surface area contributed by atoms with Crippen molar-refractivity contribution in [2.75, 3.05) is 18.1 Å². The highest BCUT2D eigenvalue weighted by Crippen LogP contribution is 2.44. The van der Waals surface area contributed by atoms with Gasteiger partial charge in [0.15, 0.2) is 0 Å². The number of hydrogen-bond donors (Lipinski definition) is 0. The lowest BCUT2D eigenvalue weighted by Gasteiger charge is -2.36. The summed E-state index contributed by atoms with van der Waals surface area (Å²) in [7, 11) is 0. The van der Waals surface area contributed by atoms with E-state index in [4.69, 9.17) is 4.74 Å². The minimum atomic E-state index is 0.234. The summed E-state index contributed by atoms with van der Waals surface area (Å²) >= 11 is 4.05. The molecule has 3 heteroatoms. The van der Waals surface area contributed by atoms with Crippen LogP contribution in [0.15, 0.2) is 24.3 Å². The molecule has 1 nitrogen and oxygen atoms in total.